The van der Waals surface area contributed by atoms with E-state index in [2.05, 4.69) is 24.3 Å². The molecular weight excluding hydrogens is 323 g/mol. The minimum atomic E-state index is -2.57. The van der Waals surface area contributed by atoms with Gasteiger partial charge in [-0.1, -0.05) is 103 Å². The SMILES string of the molecule is O=P(CCCC=Cc1ccccc1)(c1ccccc1)c1ccccc1. The summed E-state index contributed by atoms with van der Waals surface area (Å²) in [7, 11) is -2.57. The van der Waals surface area contributed by atoms with Gasteiger partial charge in [-0.05, 0) is 18.4 Å². The Balaban J connectivity index is 1.71. The molecule has 1 nitrogen and oxygen atoms in total. The van der Waals surface area contributed by atoms with Crippen LogP contribution in [0.2, 0.25) is 0 Å². The van der Waals surface area contributed by atoms with Gasteiger partial charge >= 0.3 is 0 Å². The maximum absolute atomic E-state index is 13.8. The maximum Gasteiger partial charge on any atom is 0.143 e. The number of rotatable bonds is 7. The van der Waals surface area contributed by atoms with E-state index in [0.717, 1.165) is 23.5 Å². The van der Waals surface area contributed by atoms with Crippen LogP contribution in [0.1, 0.15) is 18.4 Å². The Morgan fingerprint density at radius 2 is 1.16 bits per heavy atom. The molecule has 0 aromatic heterocycles. The molecule has 0 unspecified atom stereocenters. The van der Waals surface area contributed by atoms with Gasteiger partial charge in [-0.2, -0.15) is 0 Å². The zero-order valence-electron chi connectivity index (χ0n) is 14.3. The second-order valence-corrected chi connectivity index (χ2v) is 9.05. The van der Waals surface area contributed by atoms with E-state index in [9.17, 15) is 4.57 Å². The Morgan fingerprint density at radius 3 is 1.68 bits per heavy atom. The van der Waals surface area contributed by atoms with Gasteiger partial charge in [0, 0.05) is 16.8 Å². The summed E-state index contributed by atoms with van der Waals surface area (Å²) in [5, 5.41) is 1.90. The number of unbranched alkanes of at least 4 members (excludes halogenated alkanes) is 1. The second-order valence-electron chi connectivity index (χ2n) is 6.09. The molecule has 0 heterocycles. The van der Waals surface area contributed by atoms with Crippen molar-refractivity contribution in [3.8, 4) is 0 Å². The van der Waals surface area contributed by atoms with Crippen LogP contribution in [0, 0.1) is 0 Å². The summed E-state index contributed by atoms with van der Waals surface area (Å²) in [4.78, 5) is 0. The first kappa shape index (κ1) is 17.5. The monoisotopic (exact) mass is 346 g/mol. The van der Waals surface area contributed by atoms with Crippen molar-refractivity contribution in [1.29, 1.82) is 0 Å². The van der Waals surface area contributed by atoms with Crippen LogP contribution in [0.5, 0.6) is 0 Å². The van der Waals surface area contributed by atoms with Gasteiger partial charge in [0.15, 0.2) is 0 Å². The highest BCUT2D eigenvalue weighted by Gasteiger charge is 2.25. The third kappa shape index (κ3) is 4.59. The van der Waals surface area contributed by atoms with E-state index in [0.29, 0.717) is 6.16 Å². The van der Waals surface area contributed by atoms with Gasteiger partial charge in [0.25, 0.3) is 0 Å². The fourth-order valence-corrected chi connectivity index (χ4v) is 5.71. The van der Waals surface area contributed by atoms with Crippen molar-refractivity contribution in [2.75, 3.05) is 6.16 Å². The smallest absolute Gasteiger partial charge is 0.143 e. The summed E-state index contributed by atoms with van der Waals surface area (Å²) in [6.07, 6.45) is 6.84. The maximum atomic E-state index is 13.8. The van der Waals surface area contributed by atoms with Crippen LogP contribution in [0.25, 0.3) is 6.08 Å². The van der Waals surface area contributed by atoms with Crippen molar-refractivity contribution < 1.29 is 4.57 Å². The van der Waals surface area contributed by atoms with E-state index in [1.807, 2.05) is 78.9 Å². The van der Waals surface area contributed by atoms with Gasteiger partial charge in [0.2, 0.25) is 0 Å². The van der Waals surface area contributed by atoms with E-state index in [1.54, 1.807) is 0 Å². The van der Waals surface area contributed by atoms with Gasteiger partial charge in [-0.15, -0.1) is 0 Å². The standard InChI is InChI=1S/C23H23OP/c24-25(22-16-8-2-9-17-22,23-18-10-3-11-19-23)20-12-4-7-15-21-13-5-1-6-14-21/h1-3,5-11,13-19H,4,12,20H2. The molecule has 0 bridgehead atoms. The second kappa shape index (κ2) is 8.65. The van der Waals surface area contributed by atoms with Crippen LogP contribution in [-0.2, 0) is 4.57 Å². The zero-order valence-corrected chi connectivity index (χ0v) is 15.2. The third-order valence-corrected chi connectivity index (χ3v) is 7.51. The zero-order chi connectivity index (χ0) is 17.4. The number of hydrogen-bond donors (Lipinski definition) is 0. The average Bonchev–Trinajstić information content (AvgIpc) is 2.70. The first-order valence-corrected chi connectivity index (χ1v) is 10.6. The minimum absolute atomic E-state index is 0.695. The molecule has 0 N–H and O–H groups in total. The van der Waals surface area contributed by atoms with E-state index in [1.165, 1.54) is 5.56 Å². The highest BCUT2D eigenvalue weighted by molar-refractivity contribution is 7.78. The molecule has 25 heavy (non-hydrogen) atoms. The Bertz CT molecular complexity index is 796. The largest absolute Gasteiger partial charge is 0.314 e. The van der Waals surface area contributed by atoms with Crippen molar-refractivity contribution >= 4 is 23.8 Å². The summed E-state index contributed by atoms with van der Waals surface area (Å²) < 4.78 is 13.8. The summed E-state index contributed by atoms with van der Waals surface area (Å²) >= 11 is 0. The van der Waals surface area contributed by atoms with Crippen molar-refractivity contribution in [2.24, 2.45) is 0 Å². The summed E-state index contributed by atoms with van der Waals surface area (Å²) in [6, 6.07) is 30.1. The Hall–Kier alpha value is -2.37. The van der Waals surface area contributed by atoms with Gasteiger partial charge in [-0.25, -0.2) is 0 Å². The van der Waals surface area contributed by atoms with E-state index in [4.69, 9.17) is 0 Å². The lowest BCUT2D eigenvalue weighted by molar-refractivity contribution is 0.585. The van der Waals surface area contributed by atoms with E-state index >= 15 is 0 Å². The Morgan fingerprint density at radius 1 is 0.680 bits per heavy atom. The fraction of sp³-hybridized carbons (Fsp3) is 0.130. The van der Waals surface area contributed by atoms with Crippen molar-refractivity contribution in [3.05, 3.63) is 103 Å². The van der Waals surface area contributed by atoms with Gasteiger partial charge in [0.05, 0.1) is 0 Å². The molecule has 0 aliphatic carbocycles. The van der Waals surface area contributed by atoms with Gasteiger partial charge < -0.3 is 4.57 Å². The summed E-state index contributed by atoms with van der Waals surface area (Å²) in [5.74, 6) is 0. The minimum Gasteiger partial charge on any atom is -0.314 e. The van der Waals surface area contributed by atoms with Crippen LogP contribution >= 0.6 is 7.14 Å². The predicted molar refractivity (Wildman–Crippen MR) is 109 cm³/mol. The van der Waals surface area contributed by atoms with Crippen molar-refractivity contribution in [1.82, 2.24) is 0 Å². The Kier molecular flexibility index (Phi) is 6.04. The highest BCUT2D eigenvalue weighted by Crippen LogP contribution is 2.44. The van der Waals surface area contributed by atoms with E-state index in [-0.39, 0.29) is 0 Å². The normalized spacial score (nSPS) is 11.7. The molecule has 0 aliphatic rings. The fourth-order valence-electron chi connectivity index (χ4n) is 2.96. The molecular formula is C23H23OP. The van der Waals surface area contributed by atoms with Crippen LogP contribution in [0.3, 0.4) is 0 Å². The van der Waals surface area contributed by atoms with E-state index < -0.39 is 7.14 Å². The molecule has 3 rings (SSSR count). The quantitative estimate of drug-likeness (QED) is 0.408. The summed E-state index contributed by atoms with van der Waals surface area (Å²) in [6.45, 7) is 0. The third-order valence-electron chi connectivity index (χ3n) is 4.30. The van der Waals surface area contributed by atoms with Gasteiger partial charge in [0.1, 0.15) is 7.14 Å². The molecule has 0 spiro atoms. The van der Waals surface area contributed by atoms with Gasteiger partial charge in [-0.3, -0.25) is 0 Å². The Labute approximate surface area is 150 Å². The first-order chi connectivity index (χ1) is 12.3. The lowest BCUT2D eigenvalue weighted by Crippen LogP contribution is -2.18. The molecule has 126 valence electrons. The van der Waals surface area contributed by atoms with Crippen LogP contribution < -0.4 is 10.6 Å². The van der Waals surface area contributed by atoms with Crippen LogP contribution in [0.4, 0.5) is 0 Å². The average molecular weight is 346 g/mol. The molecule has 0 atom stereocenters. The lowest BCUT2D eigenvalue weighted by Gasteiger charge is -2.19. The molecule has 0 saturated heterocycles. The van der Waals surface area contributed by atoms with Crippen LogP contribution in [0.15, 0.2) is 97.1 Å². The molecule has 3 aromatic carbocycles. The molecule has 0 aliphatic heterocycles. The molecule has 0 radical (unpaired) electrons. The molecule has 2 heteroatoms. The number of allylic oxidation sites excluding steroid dienone is 1. The highest BCUT2D eigenvalue weighted by atomic mass is 31.2. The molecule has 0 saturated carbocycles. The number of benzene rings is 3. The van der Waals surface area contributed by atoms with Crippen molar-refractivity contribution in [3.63, 3.8) is 0 Å². The molecule has 3 aromatic rings. The topological polar surface area (TPSA) is 17.1 Å². The predicted octanol–water partition coefficient (Wildman–Crippen LogP) is 5.49. The van der Waals surface area contributed by atoms with Crippen LogP contribution in [-0.4, -0.2) is 6.16 Å². The number of hydrogen-bond acceptors (Lipinski definition) is 1. The molecule has 0 fully saturated rings. The summed E-state index contributed by atoms with van der Waals surface area (Å²) in [5.41, 5.74) is 1.21. The first-order valence-electron chi connectivity index (χ1n) is 8.71. The molecule has 0 amide bonds. The van der Waals surface area contributed by atoms with Crippen molar-refractivity contribution in [2.45, 2.75) is 12.8 Å². The lowest BCUT2D eigenvalue weighted by atomic mass is 10.2.